The van der Waals surface area contributed by atoms with E-state index in [0.29, 0.717) is 17.7 Å². The van der Waals surface area contributed by atoms with Gasteiger partial charge in [0.2, 0.25) is 0 Å². The van der Waals surface area contributed by atoms with Gasteiger partial charge >= 0.3 is 0 Å². The van der Waals surface area contributed by atoms with E-state index in [2.05, 4.69) is 44.1 Å². The second-order valence-corrected chi connectivity index (χ2v) is 10.8. The Balaban J connectivity index is 1.31. The Bertz CT molecular complexity index is 1430. The number of carbonyl (C=O) groups excluding carboxylic acids is 1. The summed E-state index contributed by atoms with van der Waals surface area (Å²) in [5.74, 6) is 1.98. The van der Waals surface area contributed by atoms with Gasteiger partial charge in [-0.3, -0.25) is 9.69 Å². The number of piperazine rings is 1. The first kappa shape index (κ1) is 24.5. The zero-order chi connectivity index (χ0) is 26.1. The quantitative estimate of drug-likeness (QED) is 0.356. The minimum absolute atomic E-state index is 0.236. The molecule has 2 aliphatic heterocycles. The fourth-order valence-corrected chi connectivity index (χ4v) is 6.25. The molecule has 6 rings (SSSR count). The monoisotopic (exact) mass is 526 g/mol. The first-order chi connectivity index (χ1) is 18.6. The number of fused-ring (bicyclic) bond motifs is 1. The summed E-state index contributed by atoms with van der Waals surface area (Å²) >= 11 is 1.42. The minimum Gasteiger partial charge on any atom is -0.457 e. The summed E-state index contributed by atoms with van der Waals surface area (Å²) < 4.78 is 6.27. The third-order valence-corrected chi connectivity index (χ3v) is 8.44. The molecule has 0 radical (unpaired) electrons. The lowest BCUT2D eigenvalue weighted by Gasteiger charge is -2.41. The molecule has 4 heterocycles. The first-order valence-electron chi connectivity index (χ1n) is 13.0. The highest BCUT2D eigenvalue weighted by Crippen LogP contribution is 2.40. The van der Waals surface area contributed by atoms with Gasteiger partial charge in [-0.05, 0) is 56.1 Å². The Morgan fingerprint density at radius 3 is 2.76 bits per heavy atom. The number of nitrogens with zero attached hydrogens (tertiary/aromatic N) is 5. The van der Waals surface area contributed by atoms with Crippen LogP contribution in [-0.2, 0) is 0 Å². The number of anilines is 2. The van der Waals surface area contributed by atoms with Crippen molar-refractivity contribution in [3.63, 3.8) is 0 Å². The molecule has 2 aliphatic rings. The first-order valence-corrected chi connectivity index (χ1v) is 13.8. The van der Waals surface area contributed by atoms with E-state index in [1.165, 1.54) is 24.3 Å². The van der Waals surface area contributed by atoms with E-state index in [1.807, 2.05) is 48.5 Å². The Hall–Kier alpha value is -3.82. The van der Waals surface area contributed by atoms with Gasteiger partial charge in [0.1, 0.15) is 22.2 Å². The second kappa shape index (κ2) is 10.5. The van der Waals surface area contributed by atoms with Crippen LogP contribution >= 0.6 is 11.3 Å². The highest BCUT2D eigenvalue weighted by atomic mass is 32.1. The molecule has 194 valence electrons. The number of hydrogen-bond acceptors (Lipinski definition) is 8. The van der Waals surface area contributed by atoms with Gasteiger partial charge in [-0.15, -0.1) is 11.3 Å². The predicted molar refractivity (Wildman–Crippen MR) is 150 cm³/mol. The number of benzene rings is 2. The lowest BCUT2D eigenvalue weighted by molar-refractivity contribution is 0.102. The number of para-hydroxylation sites is 1. The molecule has 38 heavy (non-hydrogen) atoms. The summed E-state index contributed by atoms with van der Waals surface area (Å²) in [5.41, 5.74) is 4.01. The van der Waals surface area contributed by atoms with Crippen LogP contribution in [0.3, 0.4) is 0 Å². The van der Waals surface area contributed by atoms with Crippen molar-refractivity contribution in [3.05, 3.63) is 77.6 Å². The third-order valence-electron chi connectivity index (χ3n) is 7.55. The number of ether oxygens (including phenoxy) is 1. The lowest BCUT2D eigenvalue weighted by atomic mass is 9.99. The summed E-state index contributed by atoms with van der Waals surface area (Å²) in [5, 5.41) is 13.4. The van der Waals surface area contributed by atoms with E-state index in [1.54, 1.807) is 17.8 Å². The van der Waals surface area contributed by atoms with Crippen LogP contribution in [0.1, 0.15) is 29.4 Å². The smallest absolute Gasteiger partial charge is 0.275 e. The van der Waals surface area contributed by atoms with E-state index >= 15 is 0 Å². The molecule has 0 spiro atoms. The van der Waals surface area contributed by atoms with Gasteiger partial charge in [0.25, 0.3) is 5.91 Å². The maximum absolute atomic E-state index is 13.4. The number of aromatic nitrogens is 3. The van der Waals surface area contributed by atoms with Crippen LogP contribution in [0.15, 0.2) is 66.3 Å². The number of nitrogens with one attached hydrogen (secondary N) is 1. The van der Waals surface area contributed by atoms with Gasteiger partial charge in [0, 0.05) is 42.2 Å². The van der Waals surface area contributed by atoms with E-state index in [9.17, 15) is 4.79 Å². The summed E-state index contributed by atoms with van der Waals surface area (Å²) in [6.07, 6.45) is 4.50. The number of carbonyl (C=O) groups is 1. The number of amides is 1. The highest BCUT2D eigenvalue weighted by molar-refractivity contribution is 7.13. The van der Waals surface area contributed by atoms with E-state index < -0.39 is 0 Å². The van der Waals surface area contributed by atoms with Crippen LogP contribution in [0.4, 0.5) is 11.4 Å². The zero-order valence-corrected chi connectivity index (χ0v) is 22.3. The van der Waals surface area contributed by atoms with Gasteiger partial charge in [0.15, 0.2) is 0 Å². The maximum atomic E-state index is 13.4. The molecule has 2 saturated heterocycles. The SMILES string of the molecule is Cc1c(Oc2ccccc2)ccc(NC(=O)c2csc(-c3ccnnc3)n2)c1N1CCN2CC[C@@H](C)[C@@H]2C1. The average molecular weight is 527 g/mol. The van der Waals surface area contributed by atoms with E-state index in [-0.39, 0.29) is 5.91 Å². The average Bonchev–Trinajstić information content (AvgIpc) is 3.59. The third kappa shape index (κ3) is 4.87. The zero-order valence-electron chi connectivity index (χ0n) is 21.5. The van der Waals surface area contributed by atoms with Crippen molar-refractivity contribution in [2.24, 2.45) is 5.92 Å². The Morgan fingerprint density at radius 1 is 1.08 bits per heavy atom. The number of hydrogen-bond donors (Lipinski definition) is 1. The van der Waals surface area contributed by atoms with Crippen molar-refractivity contribution >= 4 is 28.6 Å². The van der Waals surface area contributed by atoms with Crippen LogP contribution in [0.25, 0.3) is 10.6 Å². The topological polar surface area (TPSA) is 83.5 Å². The van der Waals surface area contributed by atoms with Crippen molar-refractivity contribution in [2.75, 3.05) is 36.4 Å². The Morgan fingerprint density at radius 2 is 1.95 bits per heavy atom. The minimum atomic E-state index is -0.236. The van der Waals surface area contributed by atoms with Crippen LogP contribution < -0.4 is 15.0 Å². The van der Waals surface area contributed by atoms with Crippen LogP contribution in [-0.4, -0.2) is 58.2 Å². The van der Waals surface area contributed by atoms with Gasteiger partial charge in [0.05, 0.1) is 23.8 Å². The summed E-state index contributed by atoms with van der Waals surface area (Å²) in [4.78, 5) is 22.9. The predicted octanol–water partition coefficient (Wildman–Crippen LogP) is 5.48. The van der Waals surface area contributed by atoms with Crippen molar-refractivity contribution in [2.45, 2.75) is 26.3 Å². The Labute approximate surface area is 226 Å². The summed E-state index contributed by atoms with van der Waals surface area (Å²) in [7, 11) is 0. The number of rotatable bonds is 6. The molecule has 1 N–H and O–H groups in total. The molecule has 2 aromatic carbocycles. The van der Waals surface area contributed by atoms with Gasteiger partial charge < -0.3 is 15.0 Å². The molecule has 1 amide bonds. The largest absolute Gasteiger partial charge is 0.457 e. The molecule has 0 aliphatic carbocycles. The van der Waals surface area contributed by atoms with E-state index in [0.717, 1.165) is 58.6 Å². The molecule has 2 fully saturated rings. The van der Waals surface area contributed by atoms with Crippen molar-refractivity contribution in [1.82, 2.24) is 20.1 Å². The molecule has 0 bridgehead atoms. The van der Waals surface area contributed by atoms with Crippen LogP contribution in [0.2, 0.25) is 0 Å². The molecule has 2 aromatic heterocycles. The Kier molecular flexibility index (Phi) is 6.78. The summed E-state index contributed by atoms with van der Waals surface area (Å²) in [6, 6.07) is 16.0. The number of thiazole rings is 1. The second-order valence-electron chi connectivity index (χ2n) is 9.94. The van der Waals surface area contributed by atoms with Gasteiger partial charge in [-0.2, -0.15) is 10.2 Å². The molecule has 2 atom stereocenters. The van der Waals surface area contributed by atoms with Crippen LogP contribution in [0.5, 0.6) is 11.5 Å². The van der Waals surface area contributed by atoms with Crippen molar-refractivity contribution in [3.8, 4) is 22.1 Å². The van der Waals surface area contributed by atoms with Gasteiger partial charge in [-0.25, -0.2) is 4.98 Å². The standard InChI is InChI=1S/C29H30N6O2S/c1-19-11-13-34-14-15-35(17-25(19)34)27-20(2)26(37-22-6-4-3-5-7-22)9-8-23(27)32-28(36)24-18-38-29(33-24)21-10-12-30-31-16-21/h3-10,12,16,18-19,25H,11,13-15,17H2,1-2H3,(H,32,36)/t19-,25+/m1/s1. The molecule has 0 unspecified atom stereocenters. The fraction of sp³-hybridized carbons (Fsp3) is 0.310. The van der Waals surface area contributed by atoms with Crippen LogP contribution in [0, 0.1) is 12.8 Å². The van der Waals surface area contributed by atoms with Crippen molar-refractivity contribution in [1.29, 1.82) is 0 Å². The van der Waals surface area contributed by atoms with Crippen molar-refractivity contribution < 1.29 is 9.53 Å². The highest BCUT2D eigenvalue weighted by Gasteiger charge is 2.37. The normalized spacial score (nSPS) is 19.3. The lowest BCUT2D eigenvalue weighted by Crippen LogP contribution is -2.52. The fourth-order valence-electron chi connectivity index (χ4n) is 5.46. The molecule has 0 saturated carbocycles. The molecular formula is C29H30N6O2S. The molecule has 8 nitrogen and oxygen atoms in total. The molecule has 9 heteroatoms. The molecule has 4 aromatic rings. The summed E-state index contributed by atoms with van der Waals surface area (Å²) in [6.45, 7) is 8.43. The van der Waals surface area contributed by atoms with Gasteiger partial charge in [-0.1, -0.05) is 25.1 Å². The van der Waals surface area contributed by atoms with E-state index in [4.69, 9.17) is 4.74 Å². The maximum Gasteiger partial charge on any atom is 0.275 e. The molecular weight excluding hydrogens is 496 g/mol.